The zero-order chi connectivity index (χ0) is 17.1. The summed E-state index contributed by atoms with van der Waals surface area (Å²) < 4.78 is 11.1. The van der Waals surface area contributed by atoms with Crippen molar-refractivity contribution in [2.75, 3.05) is 24.7 Å². The molecule has 0 N–H and O–H groups in total. The monoisotopic (exact) mass is 325 g/mol. The van der Waals surface area contributed by atoms with Crippen molar-refractivity contribution in [3.63, 3.8) is 0 Å². The second kappa shape index (κ2) is 6.74. The molecule has 24 heavy (non-hydrogen) atoms. The second-order valence-electron chi connectivity index (χ2n) is 5.73. The number of benzene rings is 2. The number of hydrogen-bond acceptors (Lipinski definition) is 4. The van der Waals surface area contributed by atoms with E-state index in [4.69, 9.17) is 9.47 Å². The summed E-state index contributed by atoms with van der Waals surface area (Å²) in [4.78, 5) is 25.7. The van der Waals surface area contributed by atoms with Gasteiger partial charge >= 0.3 is 0 Å². The van der Waals surface area contributed by atoms with Crippen LogP contribution < -0.4 is 14.4 Å². The van der Waals surface area contributed by atoms with Crippen LogP contribution in [0.2, 0.25) is 0 Å². The van der Waals surface area contributed by atoms with Crippen molar-refractivity contribution >= 4 is 17.4 Å². The van der Waals surface area contributed by atoms with Gasteiger partial charge in [0.05, 0.1) is 12.2 Å². The first kappa shape index (κ1) is 16.1. The zero-order valence-corrected chi connectivity index (χ0v) is 13.7. The highest BCUT2D eigenvalue weighted by molar-refractivity contribution is 6.00. The minimum Gasteiger partial charge on any atom is -0.490 e. The van der Waals surface area contributed by atoms with Gasteiger partial charge in [-0.2, -0.15) is 0 Å². The quantitative estimate of drug-likeness (QED) is 0.811. The molecule has 1 amide bonds. The first-order valence-corrected chi connectivity index (χ1v) is 7.82. The first-order chi connectivity index (χ1) is 11.5. The third-order valence-electron chi connectivity index (χ3n) is 3.91. The summed E-state index contributed by atoms with van der Waals surface area (Å²) >= 11 is 0. The molecule has 0 atom stereocenters. The Hall–Kier alpha value is -2.82. The van der Waals surface area contributed by atoms with Crippen LogP contribution in [0.4, 0.5) is 5.69 Å². The van der Waals surface area contributed by atoms with E-state index >= 15 is 0 Å². The molecule has 0 aliphatic carbocycles. The number of ketones is 1. The van der Waals surface area contributed by atoms with Crippen molar-refractivity contribution < 1.29 is 19.1 Å². The molecule has 0 saturated carbocycles. The lowest BCUT2D eigenvalue weighted by atomic mass is 10.1. The van der Waals surface area contributed by atoms with Gasteiger partial charge in [-0.15, -0.1) is 0 Å². The zero-order valence-electron chi connectivity index (χ0n) is 13.7. The van der Waals surface area contributed by atoms with Crippen LogP contribution in [0.5, 0.6) is 11.5 Å². The third-order valence-corrected chi connectivity index (χ3v) is 3.91. The molecule has 0 spiro atoms. The number of anilines is 1. The van der Waals surface area contributed by atoms with Gasteiger partial charge in [-0.1, -0.05) is 17.7 Å². The highest BCUT2D eigenvalue weighted by Gasteiger charge is 2.24. The van der Waals surface area contributed by atoms with Gasteiger partial charge in [0, 0.05) is 5.56 Å². The molecule has 0 saturated heterocycles. The molecule has 3 rings (SSSR count). The van der Waals surface area contributed by atoms with Crippen LogP contribution in [0.1, 0.15) is 22.8 Å². The lowest BCUT2D eigenvalue weighted by Crippen LogP contribution is -2.40. The summed E-state index contributed by atoms with van der Waals surface area (Å²) in [6, 6.07) is 12.7. The lowest BCUT2D eigenvalue weighted by Gasteiger charge is -2.29. The van der Waals surface area contributed by atoms with Crippen molar-refractivity contribution in [2.45, 2.75) is 13.8 Å². The smallest absolute Gasteiger partial charge is 0.265 e. The van der Waals surface area contributed by atoms with E-state index < -0.39 is 0 Å². The van der Waals surface area contributed by atoms with Gasteiger partial charge in [0.2, 0.25) is 0 Å². The summed E-state index contributed by atoms with van der Waals surface area (Å²) in [7, 11) is 0. The van der Waals surface area contributed by atoms with Crippen LogP contribution in [-0.4, -0.2) is 31.4 Å². The molecular weight excluding hydrogens is 306 g/mol. The Labute approximate surface area is 140 Å². The molecule has 0 fully saturated rings. The molecule has 0 radical (unpaired) electrons. The van der Waals surface area contributed by atoms with Crippen molar-refractivity contribution in [3.05, 3.63) is 53.6 Å². The maximum absolute atomic E-state index is 12.5. The van der Waals surface area contributed by atoms with Crippen LogP contribution in [0, 0.1) is 6.92 Å². The summed E-state index contributed by atoms with van der Waals surface area (Å²) in [5.41, 5.74) is 2.30. The molecule has 0 unspecified atom stereocenters. The highest BCUT2D eigenvalue weighted by atomic mass is 16.5. The highest BCUT2D eigenvalue weighted by Crippen LogP contribution is 2.32. The van der Waals surface area contributed by atoms with Gasteiger partial charge in [-0.3, -0.25) is 9.59 Å². The number of carbonyl (C=O) groups is 2. The van der Waals surface area contributed by atoms with E-state index in [9.17, 15) is 9.59 Å². The Bertz CT molecular complexity index is 767. The van der Waals surface area contributed by atoms with Gasteiger partial charge < -0.3 is 14.4 Å². The predicted octanol–water partition coefficient (Wildman–Crippen LogP) is 3.00. The van der Waals surface area contributed by atoms with Crippen LogP contribution >= 0.6 is 0 Å². The number of rotatable bonds is 4. The van der Waals surface area contributed by atoms with Gasteiger partial charge in [0.1, 0.15) is 18.1 Å². The largest absolute Gasteiger partial charge is 0.490 e. The number of fused-ring (bicyclic) bond motifs is 1. The fourth-order valence-electron chi connectivity index (χ4n) is 2.55. The predicted molar refractivity (Wildman–Crippen MR) is 91.0 cm³/mol. The van der Waals surface area contributed by atoms with Gasteiger partial charge in [-0.05, 0) is 44.2 Å². The van der Waals surface area contributed by atoms with Crippen LogP contribution in [0.25, 0.3) is 0 Å². The molecule has 5 nitrogen and oxygen atoms in total. The number of nitrogens with zero attached hydrogens (tertiary/aromatic N) is 1. The minimum absolute atomic E-state index is 0.0494. The molecule has 1 aliphatic rings. The molecule has 0 bridgehead atoms. The topological polar surface area (TPSA) is 55.8 Å². The van der Waals surface area contributed by atoms with E-state index in [2.05, 4.69) is 0 Å². The van der Waals surface area contributed by atoms with E-state index in [0.29, 0.717) is 35.9 Å². The van der Waals surface area contributed by atoms with E-state index in [1.165, 1.54) is 6.92 Å². The summed E-state index contributed by atoms with van der Waals surface area (Å²) in [5.74, 6) is 1.04. The Morgan fingerprint density at radius 3 is 2.62 bits per heavy atom. The SMILES string of the molecule is CC(=O)c1ccc2c(c1)N(C(=O)COc1ccc(C)cc1)CCO2. The molecule has 1 aliphatic heterocycles. The maximum Gasteiger partial charge on any atom is 0.265 e. The normalized spacial score (nSPS) is 13.0. The number of hydrogen-bond donors (Lipinski definition) is 0. The average Bonchev–Trinajstić information content (AvgIpc) is 2.60. The Balaban J connectivity index is 1.75. The summed E-state index contributed by atoms with van der Waals surface area (Å²) in [5, 5.41) is 0. The molecule has 0 aromatic heterocycles. The van der Waals surface area contributed by atoms with Crippen LogP contribution in [0.3, 0.4) is 0 Å². The molecule has 2 aromatic rings. The number of aryl methyl sites for hydroxylation is 1. The van der Waals surface area contributed by atoms with E-state index in [1.54, 1.807) is 23.1 Å². The molecule has 124 valence electrons. The Morgan fingerprint density at radius 2 is 1.92 bits per heavy atom. The molecule has 1 heterocycles. The van der Waals surface area contributed by atoms with Gasteiger partial charge in [0.15, 0.2) is 12.4 Å². The second-order valence-corrected chi connectivity index (χ2v) is 5.73. The van der Waals surface area contributed by atoms with E-state index in [1.807, 2.05) is 31.2 Å². The Morgan fingerprint density at radius 1 is 1.17 bits per heavy atom. The van der Waals surface area contributed by atoms with Crippen molar-refractivity contribution in [2.24, 2.45) is 0 Å². The molecular formula is C19H19NO4. The van der Waals surface area contributed by atoms with Crippen molar-refractivity contribution in [3.8, 4) is 11.5 Å². The maximum atomic E-state index is 12.5. The standard InChI is InChI=1S/C19H19NO4/c1-13-3-6-16(7-4-13)24-12-19(22)20-9-10-23-18-8-5-15(14(2)21)11-17(18)20/h3-8,11H,9-10,12H2,1-2H3. The fraction of sp³-hybridized carbons (Fsp3) is 0.263. The van der Waals surface area contributed by atoms with E-state index in [-0.39, 0.29) is 18.3 Å². The number of carbonyl (C=O) groups excluding carboxylic acids is 2. The molecule has 5 heteroatoms. The minimum atomic E-state index is -0.166. The van der Waals surface area contributed by atoms with Crippen molar-refractivity contribution in [1.29, 1.82) is 0 Å². The number of ether oxygens (including phenoxy) is 2. The summed E-state index contributed by atoms with van der Waals surface area (Å²) in [6.07, 6.45) is 0. The van der Waals surface area contributed by atoms with Gasteiger partial charge in [-0.25, -0.2) is 0 Å². The van der Waals surface area contributed by atoms with E-state index in [0.717, 1.165) is 5.56 Å². The third kappa shape index (κ3) is 3.40. The van der Waals surface area contributed by atoms with Crippen LogP contribution in [-0.2, 0) is 4.79 Å². The number of amides is 1. The Kier molecular flexibility index (Phi) is 4.51. The summed E-state index contributed by atoms with van der Waals surface area (Å²) in [6.45, 7) is 4.28. The first-order valence-electron chi connectivity index (χ1n) is 7.82. The number of Topliss-reactive ketones (excluding diaryl/α,β-unsaturated/α-hetero) is 1. The van der Waals surface area contributed by atoms with Crippen LogP contribution in [0.15, 0.2) is 42.5 Å². The lowest BCUT2D eigenvalue weighted by molar-refractivity contribution is -0.120. The average molecular weight is 325 g/mol. The van der Waals surface area contributed by atoms with Crippen molar-refractivity contribution in [1.82, 2.24) is 0 Å². The van der Waals surface area contributed by atoms with Gasteiger partial charge in [0.25, 0.3) is 5.91 Å². The fourth-order valence-corrected chi connectivity index (χ4v) is 2.55. The molecule has 2 aromatic carbocycles.